The molecule has 0 aromatic heterocycles. The van der Waals surface area contributed by atoms with Gasteiger partial charge < -0.3 is 4.74 Å². The van der Waals surface area contributed by atoms with Crippen LogP contribution in [0, 0.1) is 15.9 Å². The minimum absolute atomic E-state index is 0.0297. The summed E-state index contributed by atoms with van der Waals surface area (Å²) in [4.78, 5) is 10.0. The van der Waals surface area contributed by atoms with Crippen LogP contribution in [0.15, 0.2) is 40.9 Å². The maximum atomic E-state index is 13.3. The highest BCUT2D eigenvalue weighted by atomic mass is 79.9. The van der Waals surface area contributed by atoms with E-state index in [1.165, 1.54) is 12.1 Å². The highest BCUT2D eigenvalue weighted by Gasteiger charge is 2.10. The minimum atomic E-state index is -0.667. The number of benzene rings is 2. The van der Waals surface area contributed by atoms with Gasteiger partial charge in [-0.25, -0.2) is 4.39 Å². The molecule has 2 rings (SSSR count). The Bertz CT molecular complexity index is 681. The van der Waals surface area contributed by atoms with Crippen LogP contribution in [0.4, 0.5) is 10.1 Å². The van der Waals surface area contributed by atoms with Gasteiger partial charge in [0.05, 0.1) is 11.0 Å². The van der Waals surface area contributed by atoms with Crippen LogP contribution in [0.2, 0.25) is 0 Å². The molecule has 2 aromatic rings. The molecule has 0 fully saturated rings. The average molecular weight is 375 g/mol. The molecular weight excluding hydrogens is 365 g/mol. The van der Waals surface area contributed by atoms with Crippen LogP contribution in [0.5, 0.6) is 5.75 Å². The molecule has 2 aromatic carbocycles. The molecule has 0 N–H and O–H groups in total. The molecule has 0 saturated heterocycles. The number of hydrogen-bond donors (Lipinski definition) is 0. The minimum Gasteiger partial charge on any atom is -0.489 e. The van der Waals surface area contributed by atoms with Crippen molar-refractivity contribution < 1.29 is 14.1 Å². The molecule has 0 aliphatic carbocycles. The van der Waals surface area contributed by atoms with Crippen LogP contribution in [-0.4, -0.2) is 4.92 Å². The number of ether oxygens (including phenoxy) is 1. The Morgan fingerprint density at radius 2 is 2.05 bits per heavy atom. The summed E-state index contributed by atoms with van der Waals surface area (Å²) >= 11 is 9.14. The largest absolute Gasteiger partial charge is 0.489 e. The molecule has 0 aliphatic heterocycles. The first-order chi connectivity index (χ1) is 9.99. The van der Waals surface area contributed by atoms with Gasteiger partial charge in [-0.15, -0.1) is 11.6 Å². The van der Waals surface area contributed by atoms with Crippen LogP contribution >= 0.6 is 27.5 Å². The van der Waals surface area contributed by atoms with Crippen molar-refractivity contribution in [3.8, 4) is 5.75 Å². The Kier molecular flexibility index (Phi) is 5.14. The SMILES string of the molecule is O=[N+]([O-])c1cc(F)cc(COc2ccc(Br)c(CCl)c2)c1. The van der Waals surface area contributed by atoms with E-state index in [1.807, 2.05) is 0 Å². The summed E-state index contributed by atoms with van der Waals surface area (Å²) in [5.41, 5.74) is 0.947. The van der Waals surface area contributed by atoms with Crippen molar-refractivity contribution in [2.45, 2.75) is 12.5 Å². The highest BCUT2D eigenvalue weighted by molar-refractivity contribution is 9.10. The molecule has 110 valence electrons. The number of alkyl halides is 1. The van der Waals surface area contributed by atoms with Gasteiger partial charge in [0.2, 0.25) is 0 Å². The molecule has 0 saturated carbocycles. The first kappa shape index (κ1) is 15.7. The molecule has 0 atom stereocenters. The standard InChI is InChI=1S/C14H10BrClFNO3/c15-14-2-1-13(5-10(14)7-16)21-8-9-3-11(17)6-12(4-9)18(19)20/h1-6H,7-8H2. The lowest BCUT2D eigenvalue weighted by atomic mass is 10.2. The summed E-state index contributed by atoms with van der Waals surface area (Å²) in [6.45, 7) is 0.0297. The number of nitro groups is 1. The molecule has 0 aliphatic rings. The average Bonchev–Trinajstić information content (AvgIpc) is 2.45. The fraction of sp³-hybridized carbons (Fsp3) is 0.143. The number of nitro benzene ring substituents is 1. The van der Waals surface area contributed by atoms with Crippen molar-refractivity contribution in [2.24, 2.45) is 0 Å². The van der Waals surface area contributed by atoms with Crippen LogP contribution in [0.3, 0.4) is 0 Å². The lowest BCUT2D eigenvalue weighted by molar-refractivity contribution is -0.385. The van der Waals surface area contributed by atoms with Crippen molar-refractivity contribution in [1.82, 2.24) is 0 Å². The Morgan fingerprint density at radius 1 is 1.29 bits per heavy atom. The summed E-state index contributed by atoms with van der Waals surface area (Å²) < 4.78 is 19.7. The fourth-order valence-electron chi connectivity index (χ4n) is 1.73. The van der Waals surface area contributed by atoms with Gasteiger partial charge in [0, 0.05) is 16.4 Å². The number of nitrogens with zero attached hydrogens (tertiary/aromatic N) is 1. The second kappa shape index (κ2) is 6.87. The lowest BCUT2D eigenvalue weighted by Gasteiger charge is -2.08. The Balaban J connectivity index is 2.14. The predicted molar refractivity (Wildman–Crippen MR) is 81.1 cm³/mol. The molecule has 0 spiro atoms. The van der Waals surface area contributed by atoms with E-state index in [9.17, 15) is 14.5 Å². The first-order valence-corrected chi connectivity index (χ1v) is 7.23. The summed E-state index contributed by atoms with van der Waals surface area (Å²) in [5.74, 6) is 0.212. The Labute approximate surface area is 133 Å². The van der Waals surface area contributed by atoms with Gasteiger partial charge in [0.25, 0.3) is 5.69 Å². The smallest absolute Gasteiger partial charge is 0.272 e. The monoisotopic (exact) mass is 373 g/mol. The molecule has 4 nitrogen and oxygen atoms in total. The number of hydrogen-bond acceptors (Lipinski definition) is 3. The quantitative estimate of drug-likeness (QED) is 0.428. The van der Waals surface area contributed by atoms with Crippen molar-refractivity contribution in [3.63, 3.8) is 0 Å². The van der Waals surface area contributed by atoms with E-state index in [-0.39, 0.29) is 12.3 Å². The second-order valence-corrected chi connectivity index (χ2v) is 5.37. The van der Waals surface area contributed by atoms with Crippen LogP contribution in [0.25, 0.3) is 0 Å². The van der Waals surface area contributed by atoms with Crippen LogP contribution in [-0.2, 0) is 12.5 Å². The predicted octanol–water partition coefficient (Wildman–Crippen LogP) is 4.81. The summed E-state index contributed by atoms with van der Waals surface area (Å²) in [6, 6.07) is 8.63. The van der Waals surface area contributed by atoms with E-state index >= 15 is 0 Å². The first-order valence-electron chi connectivity index (χ1n) is 5.90. The molecular formula is C14H10BrClFNO3. The van der Waals surface area contributed by atoms with E-state index in [1.54, 1.807) is 18.2 Å². The maximum Gasteiger partial charge on any atom is 0.272 e. The van der Waals surface area contributed by atoms with Gasteiger partial charge in [-0.1, -0.05) is 15.9 Å². The van der Waals surface area contributed by atoms with Crippen molar-refractivity contribution in [2.75, 3.05) is 0 Å². The molecule has 0 unspecified atom stereocenters. The lowest BCUT2D eigenvalue weighted by Crippen LogP contribution is -1.99. The topological polar surface area (TPSA) is 52.4 Å². The molecule has 0 bridgehead atoms. The molecule has 0 heterocycles. The van der Waals surface area contributed by atoms with Gasteiger partial charge in [0.15, 0.2) is 0 Å². The summed E-state index contributed by atoms with van der Waals surface area (Å²) in [5, 5.41) is 10.7. The van der Waals surface area contributed by atoms with E-state index < -0.39 is 10.7 Å². The number of rotatable bonds is 5. The van der Waals surface area contributed by atoms with Crippen molar-refractivity contribution >= 4 is 33.2 Å². The summed E-state index contributed by atoms with van der Waals surface area (Å²) in [7, 11) is 0. The fourth-order valence-corrected chi connectivity index (χ4v) is 2.50. The molecule has 21 heavy (non-hydrogen) atoms. The van der Waals surface area contributed by atoms with Gasteiger partial charge in [-0.05, 0) is 35.4 Å². The van der Waals surface area contributed by atoms with Crippen LogP contribution in [0.1, 0.15) is 11.1 Å². The highest BCUT2D eigenvalue weighted by Crippen LogP contribution is 2.25. The van der Waals surface area contributed by atoms with E-state index in [2.05, 4.69) is 15.9 Å². The third kappa shape index (κ3) is 4.15. The number of halogens is 3. The van der Waals surface area contributed by atoms with E-state index in [0.29, 0.717) is 17.2 Å². The molecule has 0 amide bonds. The van der Waals surface area contributed by atoms with Gasteiger partial charge in [0.1, 0.15) is 18.2 Å². The number of non-ortho nitro benzene ring substituents is 1. The zero-order valence-corrected chi connectivity index (χ0v) is 13.0. The Hall–Kier alpha value is -1.66. The van der Waals surface area contributed by atoms with E-state index in [4.69, 9.17) is 16.3 Å². The zero-order valence-electron chi connectivity index (χ0n) is 10.7. The molecule has 0 radical (unpaired) electrons. The second-order valence-electron chi connectivity index (χ2n) is 4.25. The summed E-state index contributed by atoms with van der Waals surface area (Å²) in [6.07, 6.45) is 0. The van der Waals surface area contributed by atoms with Crippen molar-refractivity contribution in [1.29, 1.82) is 0 Å². The molecule has 7 heteroatoms. The third-order valence-corrected chi connectivity index (χ3v) is 3.78. The van der Waals surface area contributed by atoms with E-state index in [0.717, 1.165) is 16.1 Å². The Morgan fingerprint density at radius 3 is 2.71 bits per heavy atom. The van der Waals surface area contributed by atoms with Gasteiger partial charge >= 0.3 is 0 Å². The maximum absolute atomic E-state index is 13.3. The third-order valence-electron chi connectivity index (χ3n) is 2.72. The van der Waals surface area contributed by atoms with Crippen LogP contribution < -0.4 is 4.74 Å². The van der Waals surface area contributed by atoms with Gasteiger partial charge in [-0.2, -0.15) is 0 Å². The zero-order chi connectivity index (χ0) is 15.4. The van der Waals surface area contributed by atoms with Crippen molar-refractivity contribution in [3.05, 3.63) is 67.9 Å². The van der Waals surface area contributed by atoms with Gasteiger partial charge in [-0.3, -0.25) is 10.1 Å². The normalized spacial score (nSPS) is 10.4.